The summed E-state index contributed by atoms with van der Waals surface area (Å²) >= 11 is 0. The fourth-order valence-electron chi connectivity index (χ4n) is 4.89. The Morgan fingerprint density at radius 2 is 1.96 bits per heavy atom. The van der Waals surface area contributed by atoms with Crippen LogP contribution in [0.2, 0.25) is 0 Å². The quantitative estimate of drug-likeness (QED) is 0.688. The van der Waals surface area contributed by atoms with Gasteiger partial charge in [-0.2, -0.15) is 8.42 Å². The van der Waals surface area contributed by atoms with Crippen LogP contribution in [0.1, 0.15) is 40.0 Å². The molecule has 3 rings (SSSR count). The van der Waals surface area contributed by atoms with Gasteiger partial charge in [-0.25, -0.2) is 3.63 Å². The second-order valence-electron chi connectivity index (χ2n) is 8.27. The van der Waals surface area contributed by atoms with E-state index in [-0.39, 0.29) is 34.4 Å². The number of fused-ring (bicyclic) bond motifs is 2. The average Bonchev–Trinajstić information content (AvgIpc) is 2.80. The largest absolute Gasteiger partial charge is 0.380 e. The number of ether oxygens (including phenoxy) is 1. The van der Waals surface area contributed by atoms with E-state index in [0.29, 0.717) is 37.6 Å². The molecule has 0 N–H and O–H groups in total. The summed E-state index contributed by atoms with van der Waals surface area (Å²) in [5.74, 6) is 1.06. The monoisotopic (exact) mass is 392 g/mol. The predicted octanol–water partition coefficient (Wildman–Crippen LogP) is 2.07. The third-order valence-corrected chi connectivity index (χ3v) is 12.1. The van der Waals surface area contributed by atoms with Gasteiger partial charge in [-0.15, -0.1) is 10.3 Å². The van der Waals surface area contributed by atoms with Gasteiger partial charge in [-0.05, 0) is 31.1 Å². The third-order valence-electron chi connectivity index (χ3n) is 6.48. The number of ketones is 2. The molecule has 0 spiro atoms. The summed E-state index contributed by atoms with van der Waals surface area (Å²) in [5, 5.41) is 0. The Balaban J connectivity index is 1.84. The van der Waals surface area contributed by atoms with Crippen LogP contribution >= 0.6 is 10.3 Å². The molecule has 0 aromatic rings. The van der Waals surface area contributed by atoms with E-state index in [1.165, 1.54) is 6.92 Å². The highest BCUT2D eigenvalue weighted by atomic mass is 32.3. The summed E-state index contributed by atoms with van der Waals surface area (Å²) in [6, 6.07) is 0. The van der Waals surface area contributed by atoms with Crippen LogP contribution in [0.4, 0.5) is 0 Å². The first-order valence-corrected chi connectivity index (χ1v) is 12.5. The molecule has 1 heterocycles. The van der Waals surface area contributed by atoms with Gasteiger partial charge in [0.25, 0.3) is 10.1 Å². The topological polar surface area (TPSA) is 86.7 Å². The summed E-state index contributed by atoms with van der Waals surface area (Å²) in [5.41, 5.74) is -1.15. The molecule has 3 fully saturated rings. The molecule has 0 amide bonds. The predicted molar refractivity (Wildman–Crippen MR) is 97.1 cm³/mol. The highest BCUT2D eigenvalue weighted by Gasteiger charge is 2.65. The molecule has 8 heteroatoms. The molecule has 25 heavy (non-hydrogen) atoms. The van der Waals surface area contributed by atoms with Gasteiger partial charge >= 0.3 is 0 Å². The molecule has 2 saturated carbocycles. The van der Waals surface area contributed by atoms with Crippen molar-refractivity contribution in [2.45, 2.75) is 40.0 Å². The lowest BCUT2D eigenvalue weighted by atomic mass is 9.70. The van der Waals surface area contributed by atoms with Gasteiger partial charge in [0.15, 0.2) is 0 Å². The van der Waals surface area contributed by atoms with E-state index in [9.17, 15) is 18.0 Å². The summed E-state index contributed by atoms with van der Waals surface area (Å²) in [6.07, 6.45) is 1.99. The van der Waals surface area contributed by atoms with Crippen molar-refractivity contribution in [2.24, 2.45) is 16.7 Å². The molecule has 2 bridgehead atoms. The van der Waals surface area contributed by atoms with E-state index in [1.807, 2.05) is 13.8 Å². The van der Waals surface area contributed by atoms with Crippen LogP contribution in [0.3, 0.4) is 0 Å². The SMILES string of the molecule is CC(=O)CS1(OS(=O)(=O)CC23CCC(CC2=O)C3(C)C)CCOCC1. The average molecular weight is 393 g/mol. The molecule has 6 nitrogen and oxygen atoms in total. The Kier molecular flexibility index (Phi) is 4.88. The van der Waals surface area contributed by atoms with Crippen LogP contribution in [0.25, 0.3) is 0 Å². The molecule has 2 aliphatic carbocycles. The highest BCUT2D eigenvalue weighted by Crippen LogP contribution is 2.65. The maximum Gasteiger partial charge on any atom is 0.277 e. The van der Waals surface area contributed by atoms with Crippen molar-refractivity contribution < 1.29 is 26.4 Å². The Morgan fingerprint density at radius 1 is 1.32 bits per heavy atom. The zero-order valence-electron chi connectivity index (χ0n) is 15.2. The van der Waals surface area contributed by atoms with Gasteiger partial charge in [0.1, 0.15) is 11.6 Å². The van der Waals surface area contributed by atoms with Gasteiger partial charge in [0, 0.05) is 17.9 Å². The summed E-state index contributed by atoms with van der Waals surface area (Å²) in [6.45, 7) is 6.31. The Labute approximate surface area is 151 Å². The number of hydrogen-bond donors (Lipinski definition) is 0. The van der Waals surface area contributed by atoms with Crippen LogP contribution < -0.4 is 0 Å². The van der Waals surface area contributed by atoms with Crippen LogP contribution in [0, 0.1) is 16.7 Å². The molecule has 2 unspecified atom stereocenters. The van der Waals surface area contributed by atoms with E-state index in [4.69, 9.17) is 8.37 Å². The number of rotatable bonds is 6. The van der Waals surface area contributed by atoms with E-state index in [0.717, 1.165) is 6.42 Å². The zero-order chi connectivity index (χ0) is 18.5. The molecule has 1 saturated heterocycles. The summed E-state index contributed by atoms with van der Waals surface area (Å²) in [7, 11) is -5.95. The first kappa shape index (κ1) is 19.3. The second kappa shape index (κ2) is 6.32. The molecule has 0 radical (unpaired) electrons. The fourth-order valence-corrected chi connectivity index (χ4v) is 10.9. The van der Waals surface area contributed by atoms with E-state index in [1.54, 1.807) is 0 Å². The fraction of sp³-hybridized carbons (Fsp3) is 0.882. The molecule has 144 valence electrons. The zero-order valence-corrected chi connectivity index (χ0v) is 16.8. The highest BCUT2D eigenvalue weighted by molar-refractivity contribution is 8.33. The minimum atomic E-state index is -3.91. The smallest absolute Gasteiger partial charge is 0.277 e. The van der Waals surface area contributed by atoms with E-state index in [2.05, 4.69) is 0 Å². The van der Waals surface area contributed by atoms with Gasteiger partial charge in [-0.1, -0.05) is 13.8 Å². The van der Waals surface area contributed by atoms with Gasteiger partial charge < -0.3 is 4.74 Å². The Morgan fingerprint density at radius 3 is 2.44 bits per heavy atom. The molecular formula is C17H28O6S2. The van der Waals surface area contributed by atoms with Crippen molar-refractivity contribution in [1.82, 2.24) is 0 Å². The van der Waals surface area contributed by atoms with Crippen LogP contribution in [0.15, 0.2) is 0 Å². The molecule has 3 aliphatic rings. The molecule has 2 atom stereocenters. The molecular weight excluding hydrogens is 364 g/mol. The van der Waals surface area contributed by atoms with Crippen molar-refractivity contribution in [3.05, 3.63) is 0 Å². The van der Waals surface area contributed by atoms with Crippen LogP contribution in [-0.4, -0.2) is 56.2 Å². The van der Waals surface area contributed by atoms with Gasteiger partial charge in [-0.3, -0.25) is 9.59 Å². The van der Waals surface area contributed by atoms with Crippen molar-refractivity contribution in [2.75, 3.05) is 36.2 Å². The first-order valence-electron chi connectivity index (χ1n) is 8.83. The summed E-state index contributed by atoms with van der Waals surface area (Å²) < 4.78 is 37.0. The first-order chi connectivity index (χ1) is 11.5. The lowest BCUT2D eigenvalue weighted by Crippen LogP contribution is -2.43. The second-order valence-corrected chi connectivity index (χ2v) is 13.3. The van der Waals surface area contributed by atoms with Gasteiger partial charge in [0.05, 0.1) is 30.1 Å². The molecule has 1 aliphatic heterocycles. The van der Waals surface area contributed by atoms with Crippen molar-refractivity contribution in [1.29, 1.82) is 0 Å². The number of carbonyl (C=O) groups is 2. The summed E-state index contributed by atoms with van der Waals surface area (Å²) in [4.78, 5) is 24.3. The Bertz CT molecular complexity index is 677. The third kappa shape index (κ3) is 3.31. The van der Waals surface area contributed by atoms with Gasteiger partial charge in [0.2, 0.25) is 0 Å². The number of hydrogen-bond acceptors (Lipinski definition) is 6. The maximum absolute atomic E-state index is 13.0. The lowest BCUT2D eigenvalue weighted by molar-refractivity contribution is -0.128. The van der Waals surface area contributed by atoms with Crippen LogP contribution in [-0.2, 0) is 28.1 Å². The number of Topliss-reactive ketones (excluding diaryl/α,β-unsaturated/α-hetero) is 2. The van der Waals surface area contributed by atoms with E-state index < -0.39 is 25.8 Å². The van der Waals surface area contributed by atoms with Crippen molar-refractivity contribution in [3.8, 4) is 0 Å². The standard InChI is InChI=1S/C17H28O6S2/c1-13(18)11-24(8-6-22-7-9-24)23-25(20,21)12-17-5-4-14(10-15(17)19)16(17,2)3/h14H,4-12H2,1-3H3. The molecule has 0 aromatic carbocycles. The lowest BCUT2D eigenvalue weighted by Gasteiger charge is -2.42. The number of carbonyl (C=O) groups excluding carboxylic acids is 2. The minimum Gasteiger partial charge on any atom is -0.380 e. The Hall–Kier alpha value is -0.440. The van der Waals surface area contributed by atoms with E-state index >= 15 is 0 Å². The minimum absolute atomic E-state index is 0.0588. The normalized spacial score (nSPS) is 34.8. The molecule has 0 aromatic heterocycles. The van der Waals surface area contributed by atoms with Crippen molar-refractivity contribution in [3.63, 3.8) is 0 Å². The van der Waals surface area contributed by atoms with Crippen molar-refractivity contribution >= 4 is 32.0 Å². The van der Waals surface area contributed by atoms with Crippen LogP contribution in [0.5, 0.6) is 0 Å². The maximum atomic E-state index is 13.0.